The van der Waals surface area contributed by atoms with E-state index in [0.29, 0.717) is 5.92 Å². The van der Waals surface area contributed by atoms with Crippen molar-refractivity contribution in [3.8, 4) is 0 Å². The summed E-state index contributed by atoms with van der Waals surface area (Å²) < 4.78 is 7.90. The maximum absolute atomic E-state index is 5.67. The molecular formula is C15H22N2O. The summed E-state index contributed by atoms with van der Waals surface area (Å²) in [5.74, 6) is 1.77. The van der Waals surface area contributed by atoms with Crippen LogP contribution < -0.4 is 0 Å². The van der Waals surface area contributed by atoms with Gasteiger partial charge in [-0.2, -0.15) is 0 Å². The minimum Gasteiger partial charge on any atom is -0.380 e. The van der Waals surface area contributed by atoms with Gasteiger partial charge < -0.3 is 9.30 Å². The molecule has 0 spiro atoms. The van der Waals surface area contributed by atoms with Crippen LogP contribution in [0.5, 0.6) is 0 Å². The average molecular weight is 246 g/mol. The molecule has 0 atom stereocenters. The topological polar surface area (TPSA) is 27.1 Å². The van der Waals surface area contributed by atoms with Gasteiger partial charge in [0.05, 0.1) is 17.6 Å². The summed E-state index contributed by atoms with van der Waals surface area (Å²) in [6.45, 7) is 8.98. The van der Waals surface area contributed by atoms with E-state index in [-0.39, 0.29) is 0 Å². The van der Waals surface area contributed by atoms with Crippen molar-refractivity contribution in [3.63, 3.8) is 0 Å². The number of rotatable bonds is 6. The molecule has 0 saturated heterocycles. The second-order valence-corrected chi connectivity index (χ2v) is 5.09. The Bertz CT molecular complexity index is 502. The third-order valence-electron chi connectivity index (χ3n) is 3.14. The molecule has 18 heavy (non-hydrogen) atoms. The number of fused-ring (bicyclic) bond motifs is 1. The van der Waals surface area contributed by atoms with Gasteiger partial charge in [0.2, 0.25) is 0 Å². The van der Waals surface area contributed by atoms with Crippen molar-refractivity contribution in [2.45, 2.75) is 33.7 Å². The molecular weight excluding hydrogens is 224 g/mol. The molecule has 0 aliphatic rings. The molecule has 0 saturated carbocycles. The molecule has 0 N–H and O–H groups in total. The number of nitrogens with zero attached hydrogens (tertiary/aromatic N) is 2. The molecule has 2 aromatic rings. The average Bonchev–Trinajstić information content (AvgIpc) is 2.65. The standard InChI is InChI=1S/C15H22N2O/c1-12(2)8-10-18-11-9-17-13(3)16-14-6-4-5-7-15(14)17/h4-7,12H,8-11H2,1-3H3. The monoisotopic (exact) mass is 246 g/mol. The van der Waals surface area contributed by atoms with E-state index in [1.165, 1.54) is 5.52 Å². The van der Waals surface area contributed by atoms with E-state index >= 15 is 0 Å². The van der Waals surface area contributed by atoms with Gasteiger partial charge in [-0.25, -0.2) is 4.98 Å². The molecule has 0 radical (unpaired) electrons. The Morgan fingerprint density at radius 2 is 2.00 bits per heavy atom. The van der Waals surface area contributed by atoms with Gasteiger partial charge in [0.15, 0.2) is 0 Å². The maximum Gasteiger partial charge on any atom is 0.106 e. The van der Waals surface area contributed by atoms with E-state index in [1.807, 2.05) is 13.0 Å². The molecule has 1 aromatic carbocycles. The highest BCUT2D eigenvalue weighted by Crippen LogP contribution is 2.15. The molecule has 1 heterocycles. The molecule has 0 unspecified atom stereocenters. The van der Waals surface area contributed by atoms with Crippen LogP contribution in [0, 0.1) is 12.8 Å². The van der Waals surface area contributed by atoms with E-state index < -0.39 is 0 Å². The zero-order valence-corrected chi connectivity index (χ0v) is 11.5. The van der Waals surface area contributed by atoms with Gasteiger partial charge >= 0.3 is 0 Å². The van der Waals surface area contributed by atoms with Gasteiger partial charge in [-0.1, -0.05) is 26.0 Å². The third kappa shape index (κ3) is 3.10. The van der Waals surface area contributed by atoms with Gasteiger partial charge in [-0.3, -0.25) is 0 Å². The van der Waals surface area contributed by atoms with Crippen LogP contribution >= 0.6 is 0 Å². The van der Waals surface area contributed by atoms with Crippen LogP contribution in [0.4, 0.5) is 0 Å². The smallest absolute Gasteiger partial charge is 0.106 e. The summed E-state index contributed by atoms with van der Waals surface area (Å²) in [6.07, 6.45) is 1.13. The summed E-state index contributed by atoms with van der Waals surface area (Å²) >= 11 is 0. The van der Waals surface area contributed by atoms with Crippen LogP contribution in [0.3, 0.4) is 0 Å². The maximum atomic E-state index is 5.67. The Kier molecular flexibility index (Phi) is 4.37. The Balaban J connectivity index is 1.93. The van der Waals surface area contributed by atoms with Gasteiger partial charge in [0.1, 0.15) is 5.82 Å². The number of hydrogen-bond acceptors (Lipinski definition) is 2. The zero-order chi connectivity index (χ0) is 13.0. The summed E-state index contributed by atoms with van der Waals surface area (Å²) in [5, 5.41) is 0. The van der Waals surface area contributed by atoms with E-state index in [0.717, 1.165) is 37.5 Å². The van der Waals surface area contributed by atoms with E-state index in [9.17, 15) is 0 Å². The van der Waals surface area contributed by atoms with Crippen molar-refractivity contribution in [1.29, 1.82) is 0 Å². The number of para-hydroxylation sites is 2. The number of aromatic nitrogens is 2. The van der Waals surface area contributed by atoms with Crippen LogP contribution in [0.1, 0.15) is 26.1 Å². The van der Waals surface area contributed by atoms with Gasteiger partial charge in [0.25, 0.3) is 0 Å². The number of imidazole rings is 1. The Labute approximate surface area is 109 Å². The van der Waals surface area contributed by atoms with Crippen LogP contribution in [0.2, 0.25) is 0 Å². The first kappa shape index (κ1) is 13.1. The highest BCUT2D eigenvalue weighted by molar-refractivity contribution is 5.75. The quantitative estimate of drug-likeness (QED) is 0.730. The summed E-state index contributed by atoms with van der Waals surface area (Å²) in [4.78, 5) is 4.55. The molecule has 0 aliphatic carbocycles. The van der Waals surface area contributed by atoms with Crippen molar-refractivity contribution in [1.82, 2.24) is 9.55 Å². The molecule has 0 fully saturated rings. The highest BCUT2D eigenvalue weighted by Gasteiger charge is 2.05. The van der Waals surface area contributed by atoms with Crippen LogP contribution in [0.15, 0.2) is 24.3 Å². The van der Waals surface area contributed by atoms with Gasteiger partial charge in [-0.15, -0.1) is 0 Å². The number of aryl methyl sites for hydroxylation is 1. The summed E-state index contributed by atoms with van der Waals surface area (Å²) in [5.41, 5.74) is 2.26. The fourth-order valence-corrected chi connectivity index (χ4v) is 2.06. The van der Waals surface area contributed by atoms with Crippen LogP contribution in [0.25, 0.3) is 11.0 Å². The molecule has 0 aliphatic heterocycles. The van der Waals surface area contributed by atoms with Crippen molar-refractivity contribution in [2.24, 2.45) is 5.92 Å². The molecule has 1 aromatic heterocycles. The van der Waals surface area contributed by atoms with E-state index in [4.69, 9.17) is 4.74 Å². The zero-order valence-electron chi connectivity index (χ0n) is 11.5. The van der Waals surface area contributed by atoms with Crippen molar-refractivity contribution in [3.05, 3.63) is 30.1 Å². The van der Waals surface area contributed by atoms with E-state index in [2.05, 4.69) is 41.6 Å². The fourth-order valence-electron chi connectivity index (χ4n) is 2.06. The molecule has 98 valence electrons. The number of hydrogen-bond donors (Lipinski definition) is 0. The second kappa shape index (κ2) is 6.01. The summed E-state index contributed by atoms with van der Waals surface area (Å²) in [6, 6.07) is 8.25. The third-order valence-corrected chi connectivity index (χ3v) is 3.14. The minimum atomic E-state index is 0.709. The van der Waals surface area contributed by atoms with Crippen molar-refractivity contribution in [2.75, 3.05) is 13.2 Å². The first-order valence-corrected chi connectivity index (χ1v) is 6.68. The van der Waals surface area contributed by atoms with Gasteiger partial charge in [0, 0.05) is 13.2 Å². The van der Waals surface area contributed by atoms with Crippen LogP contribution in [-0.2, 0) is 11.3 Å². The SMILES string of the molecule is Cc1nc2ccccc2n1CCOCCC(C)C. The van der Waals surface area contributed by atoms with Crippen molar-refractivity contribution < 1.29 is 4.74 Å². The minimum absolute atomic E-state index is 0.709. The molecule has 3 nitrogen and oxygen atoms in total. The molecule has 2 rings (SSSR count). The normalized spacial score (nSPS) is 11.6. The first-order chi connectivity index (χ1) is 8.68. The predicted octanol–water partition coefficient (Wildman–Crippen LogP) is 3.41. The number of ether oxygens (including phenoxy) is 1. The first-order valence-electron chi connectivity index (χ1n) is 6.68. The Morgan fingerprint density at radius 1 is 1.22 bits per heavy atom. The largest absolute Gasteiger partial charge is 0.380 e. The Hall–Kier alpha value is -1.35. The predicted molar refractivity (Wildman–Crippen MR) is 74.7 cm³/mol. The highest BCUT2D eigenvalue weighted by atomic mass is 16.5. The number of benzene rings is 1. The lowest BCUT2D eigenvalue weighted by molar-refractivity contribution is 0.116. The second-order valence-electron chi connectivity index (χ2n) is 5.09. The molecule has 0 amide bonds. The Morgan fingerprint density at radius 3 is 2.78 bits per heavy atom. The van der Waals surface area contributed by atoms with E-state index in [1.54, 1.807) is 0 Å². The lowest BCUT2D eigenvalue weighted by Gasteiger charge is -2.09. The van der Waals surface area contributed by atoms with Gasteiger partial charge in [-0.05, 0) is 31.4 Å². The molecule has 3 heteroatoms. The van der Waals surface area contributed by atoms with Crippen molar-refractivity contribution >= 4 is 11.0 Å². The lowest BCUT2D eigenvalue weighted by Crippen LogP contribution is -2.09. The lowest BCUT2D eigenvalue weighted by atomic mass is 10.1. The van der Waals surface area contributed by atoms with Crippen LogP contribution in [-0.4, -0.2) is 22.8 Å². The summed E-state index contributed by atoms with van der Waals surface area (Å²) in [7, 11) is 0. The molecule has 0 bridgehead atoms. The fraction of sp³-hybridized carbons (Fsp3) is 0.533.